The summed E-state index contributed by atoms with van der Waals surface area (Å²) in [4.78, 5) is 14.7. The number of hydrogen-bond donors (Lipinski definition) is 1. The molecule has 1 N–H and O–H groups in total. The maximum Gasteiger partial charge on any atom is 0.326 e. The smallest absolute Gasteiger partial charge is 0.326 e. The van der Waals surface area contributed by atoms with Crippen molar-refractivity contribution in [2.24, 2.45) is 7.05 Å². The number of carbonyl (C=O) groups excluding carboxylic acids is 1. The molecule has 3 aliphatic rings. The number of piperidine rings is 1. The molecule has 2 aromatic rings. The maximum atomic E-state index is 13.6. The summed E-state index contributed by atoms with van der Waals surface area (Å²) in [5.41, 5.74) is 4.97. The summed E-state index contributed by atoms with van der Waals surface area (Å²) in [6.45, 7) is 0.0947. The number of hydroxylamine groups is 1. The Labute approximate surface area is 215 Å². The Balaban J connectivity index is 1.40. The molecule has 2 aliphatic carbocycles. The third-order valence-electron chi connectivity index (χ3n) is 7.56. The largest absolute Gasteiger partial charge is 0.740 e. The number of aromatic nitrogens is 2. The van der Waals surface area contributed by atoms with Crippen molar-refractivity contribution in [2.75, 3.05) is 29.3 Å². The quantitative estimate of drug-likeness (QED) is 0.543. The zero-order valence-corrected chi connectivity index (χ0v) is 21.5. The van der Waals surface area contributed by atoms with Gasteiger partial charge in [-0.3, -0.25) is 14.1 Å². The van der Waals surface area contributed by atoms with Gasteiger partial charge in [-0.1, -0.05) is 6.07 Å². The molecule has 2 amide bonds. The minimum Gasteiger partial charge on any atom is -0.740 e. The number of nitrogens with zero attached hydrogens (tertiary/aromatic N) is 5. The second-order valence-corrected chi connectivity index (χ2v) is 11.6. The van der Waals surface area contributed by atoms with E-state index in [1.807, 2.05) is 0 Å². The number of likely N-dealkylation sites (tertiary alicyclic amines) is 1. The molecule has 0 saturated carbocycles. The van der Waals surface area contributed by atoms with Crippen molar-refractivity contribution in [3.8, 4) is 0 Å². The predicted molar refractivity (Wildman–Crippen MR) is 135 cm³/mol. The molecule has 0 atom stereocenters. The molecule has 0 spiro atoms. The lowest BCUT2D eigenvalue weighted by atomic mass is 9.99. The molecule has 13 heteroatoms. The number of rotatable bonds is 7. The molecule has 2 heterocycles. The Bertz CT molecular complexity index is 1240. The van der Waals surface area contributed by atoms with Gasteiger partial charge in [-0.15, -0.1) is 0 Å². The van der Waals surface area contributed by atoms with Gasteiger partial charge < -0.3 is 10.5 Å². The van der Waals surface area contributed by atoms with Crippen LogP contribution in [0.15, 0.2) is 18.5 Å². The van der Waals surface area contributed by atoms with Crippen LogP contribution in [0.3, 0.4) is 0 Å². The third-order valence-corrected chi connectivity index (χ3v) is 9.15. The number of hydrogen-bond acceptors (Lipinski definition) is 6. The van der Waals surface area contributed by atoms with Crippen LogP contribution in [0.1, 0.15) is 47.9 Å². The van der Waals surface area contributed by atoms with Gasteiger partial charge in [0, 0.05) is 38.1 Å². The minimum absolute atomic E-state index is 0.143. The van der Waals surface area contributed by atoms with E-state index in [1.165, 1.54) is 17.1 Å². The van der Waals surface area contributed by atoms with E-state index in [2.05, 4.69) is 16.5 Å². The number of fused-ring (bicyclic) bond motifs is 2. The molecule has 1 aromatic carbocycles. The summed E-state index contributed by atoms with van der Waals surface area (Å²) < 4.78 is 54.7. The molecule has 5 rings (SSSR count). The highest BCUT2D eigenvalue weighted by atomic mass is 32.2. The summed E-state index contributed by atoms with van der Waals surface area (Å²) >= 11 is 0. The van der Waals surface area contributed by atoms with Crippen LogP contribution in [-0.2, 0) is 42.9 Å². The molecule has 37 heavy (non-hydrogen) atoms. The zero-order chi connectivity index (χ0) is 26.3. The average Bonchev–Trinajstić information content (AvgIpc) is 3.60. The first-order chi connectivity index (χ1) is 17.6. The van der Waals surface area contributed by atoms with Crippen LogP contribution in [-0.4, -0.2) is 65.7 Å². The van der Waals surface area contributed by atoms with Gasteiger partial charge in [-0.25, -0.2) is 17.9 Å². The third kappa shape index (κ3) is 5.04. The van der Waals surface area contributed by atoms with Gasteiger partial charge in [0.05, 0.1) is 18.4 Å². The molecule has 0 bridgehead atoms. The van der Waals surface area contributed by atoms with Crippen molar-refractivity contribution in [2.45, 2.75) is 63.8 Å². The van der Waals surface area contributed by atoms with Crippen molar-refractivity contribution in [1.29, 1.82) is 0 Å². The molecule has 1 aliphatic heterocycles. The molecule has 10 nitrogen and oxygen atoms in total. The molecular formula is C24H31F2N6O4S-. The lowest BCUT2D eigenvalue weighted by molar-refractivity contribution is 0.0760. The summed E-state index contributed by atoms with van der Waals surface area (Å²) in [7, 11) is -3.24. The van der Waals surface area contributed by atoms with E-state index in [9.17, 15) is 27.2 Å². The van der Waals surface area contributed by atoms with Crippen LogP contribution >= 0.6 is 0 Å². The molecule has 1 saturated heterocycles. The van der Waals surface area contributed by atoms with Crippen molar-refractivity contribution in [3.05, 3.63) is 45.9 Å². The topological polar surface area (TPSA) is 114 Å². The molecule has 0 unspecified atom stereocenters. The predicted octanol–water partition coefficient (Wildman–Crippen LogP) is 3.21. The van der Waals surface area contributed by atoms with Gasteiger partial charge >= 0.3 is 16.2 Å². The van der Waals surface area contributed by atoms with Crippen molar-refractivity contribution in [3.63, 3.8) is 0 Å². The Morgan fingerprint density at radius 2 is 1.78 bits per heavy atom. The number of nitrogens with one attached hydrogen (secondary N) is 1. The Morgan fingerprint density at radius 1 is 1.16 bits per heavy atom. The number of anilines is 2. The Hall–Kier alpha value is -2.77. The highest BCUT2D eigenvalue weighted by Gasteiger charge is 2.37. The van der Waals surface area contributed by atoms with Gasteiger partial charge in [0.15, 0.2) is 0 Å². The number of halogens is 2. The van der Waals surface area contributed by atoms with Crippen LogP contribution in [0.4, 0.5) is 25.0 Å². The number of amides is 2. The lowest BCUT2D eigenvalue weighted by Crippen LogP contribution is -2.53. The van der Waals surface area contributed by atoms with E-state index in [0.29, 0.717) is 5.69 Å². The summed E-state index contributed by atoms with van der Waals surface area (Å²) in [5.74, 6) is 0. The maximum absolute atomic E-state index is 13.6. The summed E-state index contributed by atoms with van der Waals surface area (Å²) in [6, 6.07) is 0.229. The van der Waals surface area contributed by atoms with Crippen molar-refractivity contribution < 1.29 is 22.0 Å². The number of aryl methyl sites for hydroxylation is 3. The lowest BCUT2D eigenvalue weighted by Gasteiger charge is -2.41. The van der Waals surface area contributed by atoms with Crippen LogP contribution in [0.5, 0.6) is 0 Å². The second kappa shape index (κ2) is 10.2. The van der Waals surface area contributed by atoms with Gasteiger partial charge in [0.1, 0.15) is 0 Å². The van der Waals surface area contributed by atoms with E-state index in [1.54, 1.807) is 11.9 Å². The van der Waals surface area contributed by atoms with Gasteiger partial charge in [0.2, 0.25) is 0 Å². The molecule has 0 radical (unpaired) electrons. The number of alkyl halides is 2. The van der Waals surface area contributed by atoms with Crippen LogP contribution in [0, 0.1) is 5.21 Å². The highest BCUT2D eigenvalue weighted by molar-refractivity contribution is 7.91. The fourth-order valence-corrected chi connectivity index (χ4v) is 7.25. The molecule has 1 aromatic heterocycles. The monoisotopic (exact) mass is 537 g/mol. The van der Waals surface area contributed by atoms with E-state index in [-0.39, 0.29) is 31.6 Å². The molecule has 202 valence electrons. The fraction of sp³-hybridized carbons (Fsp3) is 0.583. The fourth-order valence-electron chi connectivity index (χ4n) is 5.89. The molecular weight excluding hydrogens is 506 g/mol. The van der Waals surface area contributed by atoms with E-state index in [0.717, 1.165) is 65.1 Å². The second-order valence-electron chi connectivity index (χ2n) is 9.99. The zero-order valence-electron chi connectivity index (χ0n) is 20.7. The first-order valence-corrected chi connectivity index (χ1v) is 14.0. The van der Waals surface area contributed by atoms with Crippen LogP contribution in [0.2, 0.25) is 0 Å². The van der Waals surface area contributed by atoms with E-state index < -0.39 is 39.7 Å². The highest BCUT2D eigenvalue weighted by Crippen LogP contribution is 2.39. The van der Waals surface area contributed by atoms with Crippen LogP contribution < -0.4 is 9.62 Å². The standard InChI is InChI=1S/C24H31F2N6O4S/c1-29-14-19(13-27-29)31(18-8-10-30(11-9-18)15-22(25)26)37(35,36)32(34)24(33)28-23-20-6-2-4-16(20)12-17-5-3-7-21(17)23/h12-14,18,22H,2-11,15H2,1H3,(H,28,33)/q-1. The Kier molecular flexibility index (Phi) is 7.12. The molecule has 1 fully saturated rings. The minimum atomic E-state index is -4.85. The SMILES string of the molecule is Cn1cc(N(C2CCN(CC(F)F)CC2)S(=O)(=O)N([O-])C(=O)Nc2c3c(cc4c2CCC4)CCC3)cn1. The average molecular weight is 538 g/mol. The first kappa shape index (κ1) is 25.9. The number of urea groups is 1. The van der Waals surface area contributed by atoms with Gasteiger partial charge in [-0.2, -0.15) is 13.5 Å². The van der Waals surface area contributed by atoms with Gasteiger partial charge in [0.25, 0.3) is 6.43 Å². The normalized spacial score (nSPS) is 18.2. The first-order valence-electron chi connectivity index (χ1n) is 12.6. The van der Waals surface area contributed by atoms with Crippen molar-refractivity contribution >= 4 is 27.6 Å². The van der Waals surface area contributed by atoms with Crippen LogP contribution in [0.25, 0.3) is 0 Å². The van der Waals surface area contributed by atoms with E-state index in [4.69, 9.17) is 0 Å². The van der Waals surface area contributed by atoms with Crippen molar-refractivity contribution in [1.82, 2.24) is 19.1 Å². The van der Waals surface area contributed by atoms with E-state index >= 15 is 0 Å². The van der Waals surface area contributed by atoms with Gasteiger partial charge in [-0.05, 0) is 73.6 Å². The summed E-state index contributed by atoms with van der Waals surface area (Å²) in [6.07, 6.45) is 5.94. The number of carbonyl (C=O) groups is 1. The number of benzene rings is 1. The summed E-state index contributed by atoms with van der Waals surface area (Å²) in [5, 5.41) is 19.9. The Morgan fingerprint density at radius 3 is 2.32 bits per heavy atom.